The molecule has 0 fully saturated rings. The van der Waals surface area contributed by atoms with Gasteiger partial charge in [0.15, 0.2) is 11.9 Å². The van der Waals surface area contributed by atoms with Gasteiger partial charge >= 0.3 is 5.97 Å². The minimum atomic E-state index is -1.91. The van der Waals surface area contributed by atoms with Gasteiger partial charge in [-0.1, -0.05) is 79.7 Å². The number of aromatic hydroxyl groups is 2. The summed E-state index contributed by atoms with van der Waals surface area (Å²) >= 11 is 4.33. The van der Waals surface area contributed by atoms with E-state index in [2.05, 4.69) is 97.0 Å². The minimum Gasteiger partial charge on any atom is -0.508 e. The van der Waals surface area contributed by atoms with E-state index in [1.165, 1.54) is 62.4 Å². The van der Waals surface area contributed by atoms with E-state index in [9.17, 15) is 108 Å². The van der Waals surface area contributed by atoms with E-state index in [1.54, 1.807) is 41.5 Å². The van der Waals surface area contributed by atoms with Gasteiger partial charge in [-0.05, 0) is 123 Å². The third-order valence-electron chi connectivity index (χ3n) is 18.2. The maximum atomic E-state index is 14.8. The Morgan fingerprint density at radius 3 is 1.02 bits per heavy atom. The highest BCUT2D eigenvalue weighted by molar-refractivity contribution is 7.80. The summed E-state index contributed by atoms with van der Waals surface area (Å²) in [6.45, 7) is 8.27. The fourth-order valence-electron chi connectivity index (χ4n) is 11.4. The molecule has 0 unspecified atom stereocenters. The summed E-state index contributed by atoms with van der Waals surface area (Å²) in [5.41, 5.74) is 34.3. The number of hydrogen-bond acceptors (Lipinski definition) is 26. The molecule has 0 radical (unpaired) electrons. The van der Waals surface area contributed by atoms with Gasteiger partial charge in [-0.25, -0.2) is 4.79 Å². The number of hydrogen-bond donors (Lipinski definition) is 28. The van der Waals surface area contributed by atoms with Crippen molar-refractivity contribution < 1.29 is 108 Å². The molecular formula is C75H124N22O22S. The molecule has 33 N–H and O–H groups in total. The molecule has 2 aromatic rings. The van der Waals surface area contributed by atoms with E-state index < -0.39 is 224 Å². The number of aliphatic hydroxyl groups excluding tert-OH is 4. The number of carbonyl (C=O) groups excluding carboxylic acids is 14. The van der Waals surface area contributed by atoms with Crippen LogP contribution in [0.25, 0.3) is 0 Å². The van der Waals surface area contributed by atoms with Crippen molar-refractivity contribution in [3.8, 4) is 11.5 Å². The lowest BCUT2D eigenvalue weighted by Crippen LogP contribution is -2.62. The fourth-order valence-corrected chi connectivity index (χ4v) is 11.7. The summed E-state index contributed by atoms with van der Waals surface area (Å²) in [6.07, 6.45) is -0.730. The number of carboxylic acid groups (broad SMARTS) is 1. The Morgan fingerprint density at radius 2 is 0.683 bits per heavy atom. The molecular weight excluding hydrogens is 1590 g/mol. The second-order valence-electron chi connectivity index (χ2n) is 29.9. The van der Waals surface area contributed by atoms with Crippen LogP contribution in [-0.2, 0) is 84.8 Å². The van der Waals surface area contributed by atoms with Gasteiger partial charge < -0.3 is 145 Å². The molecule has 0 saturated carbocycles. The van der Waals surface area contributed by atoms with Gasteiger partial charge in [0.25, 0.3) is 0 Å². The zero-order valence-corrected chi connectivity index (χ0v) is 69.6. The highest BCUT2D eigenvalue weighted by atomic mass is 32.1. The first-order chi connectivity index (χ1) is 56.5. The third-order valence-corrected chi connectivity index (χ3v) is 18.6. The zero-order chi connectivity index (χ0) is 90.6. The number of phenols is 2. The molecule has 0 heterocycles. The minimum absolute atomic E-state index is 0.0344. The standard InChI is InChI=1S/C75H124N22O22S/c1-37(2)27-48(89-68(113)54(34-100)95-71(116)58(77)39(5)6)62(107)92-53(33-99)67(112)91-50(29-41-16-20-43(102)21-17-41)64(109)86-46(15-12-26-83-75(80)81)61(106)96-56(36-120)70(115)87-45(14-11-25-82-74(78)79)60(105)90-51(30-42-18-22-44(103)23-19-42)65(110)93-52(32-98)66(111)88-49(28-38(3)4)63(108)94-55(35-101)69(114)97-59(40(7)8)72(117)84-31-57(104)85-47(73(118)119)13-9-10-24-76/h16-23,37-40,45-56,58-59,98-103,120H,9-15,24-36,76-77H2,1-8H3,(H,84,117)(H,85,104)(H,86,109)(H,87,115)(H,88,111)(H,89,113)(H,90,105)(H,91,112)(H,92,107)(H,93,110)(H,94,108)(H,95,116)(H,96,106)(H,97,114)(H,118,119)(H4,78,79,82)(H4,80,81,83)/t45-,46-,47-,48-,49-,50-,51-,52-,53-,54-,55-,56-,58-,59-/m0/s1. The van der Waals surface area contributed by atoms with Gasteiger partial charge in [-0.3, -0.25) is 77.1 Å². The van der Waals surface area contributed by atoms with Crippen LogP contribution in [0.5, 0.6) is 11.5 Å². The SMILES string of the molecule is CC(C)C[C@H](NC(=O)[C@H](CO)NC(=O)[C@H](Cc1ccc(O)cc1)NC(=O)[C@H](CCCN=C(N)N)NC(=O)[C@H](CS)NC(=O)[C@H](CCCN=C(N)N)NC(=O)[C@H](Cc1ccc(O)cc1)NC(=O)[C@H](CO)NC(=O)[C@H](CC(C)C)NC(=O)[C@H](CO)NC(=O)[C@@H](N)C(C)C)C(=O)N[C@@H](CO)C(=O)N[C@H](C(=O)NCC(=O)N[C@@H](CCCCN)C(=O)O)C(C)C. The van der Waals surface area contributed by atoms with E-state index in [1.807, 2.05) is 0 Å². The largest absolute Gasteiger partial charge is 0.508 e. The molecule has 2 rings (SSSR count). The number of carboxylic acids is 1. The summed E-state index contributed by atoms with van der Waals surface area (Å²) in [5, 5.41) is 105. The van der Waals surface area contributed by atoms with E-state index in [-0.39, 0.29) is 106 Å². The smallest absolute Gasteiger partial charge is 0.326 e. The summed E-state index contributed by atoms with van der Waals surface area (Å²) < 4.78 is 0. The Hall–Kier alpha value is -11.3. The lowest BCUT2D eigenvalue weighted by atomic mass is 10.0. The zero-order valence-electron chi connectivity index (χ0n) is 68.7. The summed E-state index contributed by atoms with van der Waals surface area (Å²) in [7, 11) is 0. The number of nitrogens with one attached hydrogen (secondary N) is 14. The third kappa shape index (κ3) is 39.1. The Labute approximate surface area is 700 Å². The Morgan fingerprint density at radius 1 is 0.375 bits per heavy atom. The molecule has 14 amide bonds. The molecule has 44 nitrogen and oxygen atoms in total. The number of thiol groups is 1. The fraction of sp³-hybridized carbons (Fsp3) is 0.613. The molecule has 0 aromatic heterocycles. The van der Waals surface area contributed by atoms with Crippen molar-refractivity contribution in [3.63, 3.8) is 0 Å². The average molecular weight is 1720 g/mol. The summed E-state index contributed by atoms with van der Waals surface area (Å²) in [4.78, 5) is 215. The molecule has 45 heteroatoms. The maximum Gasteiger partial charge on any atom is 0.326 e. The highest BCUT2D eigenvalue weighted by Crippen LogP contribution is 2.17. The first-order valence-electron chi connectivity index (χ1n) is 39.1. The number of unbranched alkanes of at least 4 members (excludes halogenated alkanes) is 1. The monoisotopic (exact) mass is 1720 g/mol. The number of aliphatic imine (C=N–C) groups is 2. The number of aliphatic carboxylic acids is 1. The van der Waals surface area contributed by atoms with Gasteiger partial charge in [0, 0.05) is 31.7 Å². The second-order valence-corrected chi connectivity index (χ2v) is 30.3. The first-order valence-corrected chi connectivity index (χ1v) is 39.8. The van der Waals surface area contributed by atoms with Crippen LogP contribution in [0.15, 0.2) is 58.5 Å². The predicted octanol–water partition coefficient (Wildman–Crippen LogP) is -8.75. The Kier molecular flexibility index (Phi) is 47.8. The van der Waals surface area contributed by atoms with Crippen molar-refractivity contribution in [2.45, 2.75) is 211 Å². The van der Waals surface area contributed by atoms with Crippen molar-refractivity contribution in [2.24, 2.45) is 68.1 Å². The molecule has 120 heavy (non-hydrogen) atoms. The lowest BCUT2D eigenvalue weighted by molar-refractivity contribution is -0.142. The number of aliphatic hydroxyl groups is 4. The molecule has 0 aliphatic rings. The number of phenolic OH excluding ortho intramolecular Hbond substituents is 2. The summed E-state index contributed by atoms with van der Waals surface area (Å²) in [5.74, 6) is -19.1. The van der Waals surface area contributed by atoms with Gasteiger partial charge in [-0.15, -0.1) is 0 Å². The number of nitrogens with two attached hydrogens (primary N) is 6. The molecule has 0 bridgehead atoms. The number of nitrogens with zero attached hydrogens (tertiary/aromatic N) is 2. The number of benzene rings is 2. The number of carbonyl (C=O) groups is 15. The highest BCUT2D eigenvalue weighted by Gasteiger charge is 2.39. The van der Waals surface area contributed by atoms with Gasteiger partial charge in [0.2, 0.25) is 82.7 Å². The van der Waals surface area contributed by atoms with Crippen molar-refractivity contribution >= 4 is 113 Å². The second kappa shape index (κ2) is 54.7. The topological polar surface area (TPSA) is 747 Å². The number of guanidine groups is 2. The molecule has 672 valence electrons. The summed E-state index contributed by atoms with van der Waals surface area (Å²) in [6, 6.07) is -11.5. The van der Waals surface area contributed by atoms with Crippen LogP contribution in [0.1, 0.15) is 124 Å². The Balaban J connectivity index is 2.57. The number of amides is 14. The van der Waals surface area contributed by atoms with Crippen LogP contribution in [0.3, 0.4) is 0 Å². The van der Waals surface area contributed by atoms with E-state index in [0.29, 0.717) is 30.5 Å². The van der Waals surface area contributed by atoms with Crippen LogP contribution in [-0.4, -0.2) is 279 Å². The normalized spacial score (nSPS) is 14.7. The van der Waals surface area contributed by atoms with E-state index >= 15 is 0 Å². The van der Waals surface area contributed by atoms with Crippen molar-refractivity contribution in [3.05, 3.63) is 59.7 Å². The van der Waals surface area contributed by atoms with Crippen LogP contribution < -0.4 is 109 Å². The van der Waals surface area contributed by atoms with Gasteiger partial charge in [0.05, 0.1) is 39.0 Å². The molecule has 14 atom stereocenters. The van der Waals surface area contributed by atoms with E-state index in [4.69, 9.17) is 34.4 Å². The van der Waals surface area contributed by atoms with Crippen molar-refractivity contribution in [2.75, 3.05) is 58.4 Å². The van der Waals surface area contributed by atoms with Crippen molar-refractivity contribution in [1.29, 1.82) is 0 Å². The van der Waals surface area contributed by atoms with Crippen LogP contribution >= 0.6 is 12.6 Å². The van der Waals surface area contributed by atoms with Crippen molar-refractivity contribution in [1.82, 2.24) is 74.4 Å². The van der Waals surface area contributed by atoms with Crippen LogP contribution in [0.2, 0.25) is 0 Å². The van der Waals surface area contributed by atoms with Crippen LogP contribution in [0.4, 0.5) is 0 Å². The molecule has 0 saturated heterocycles. The molecule has 0 aliphatic carbocycles. The molecule has 2 aromatic carbocycles. The first kappa shape index (κ1) is 105. The van der Waals surface area contributed by atoms with Crippen LogP contribution in [0, 0.1) is 23.7 Å². The average Bonchev–Trinajstić information content (AvgIpc) is 0.857. The lowest BCUT2D eigenvalue weighted by Gasteiger charge is -2.28. The number of rotatable bonds is 56. The maximum absolute atomic E-state index is 14.8. The quantitative estimate of drug-likeness (QED) is 0.0127. The Bertz CT molecular complexity index is 3760. The molecule has 0 aliphatic heterocycles. The van der Waals surface area contributed by atoms with Gasteiger partial charge in [0.1, 0.15) is 90.0 Å². The van der Waals surface area contributed by atoms with E-state index in [0.717, 1.165) is 0 Å². The molecule has 0 spiro atoms. The van der Waals surface area contributed by atoms with Gasteiger partial charge in [-0.2, -0.15) is 12.6 Å². The predicted molar refractivity (Wildman–Crippen MR) is 441 cm³/mol.